The highest BCUT2D eigenvalue weighted by Gasteiger charge is 2.27. The predicted octanol–water partition coefficient (Wildman–Crippen LogP) is 2.50. The average molecular weight is 154 g/mol. The summed E-state index contributed by atoms with van der Waals surface area (Å²) in [4.78, 5) is 0. The van der Waals surface area contributed by atoms with E-state index in [0.29, 0.717) is 0 Å². The van der Waals surface area contributed by atoms with Gasteiger partial charge in [-0.05, 0) is 31.6 Å². The first kappa shape index (κ1) is 8.79. The first-order valence-electron chi connectivity index (χ1n) is 4.36. The van der Waals surface area contributed by atoms with E-state index in [0.717, 1.165) is 19.3 Å². The average Bonchev–Trinajstić information content (AvgIpc) is 2.03. The van der Waals surface area contributed by atoms with Crippen molar-refractivity contribution in [2.24, 2.45) is 5.41 Å². The third-order valence-electron chi connectivity index (χ3n) is 2.69. The molecule has 0 saturated heterocycles. The van der Waals surface area contributed by atoms with Gasteiger partial charge in [-0.3, -0.25) is 0 Å². The van der Waals surface area contributed by atoms with Crippen molar-refractivity contribution in [1.82, 2.24) is 0 Å². The lowest BCUT2D eigenvalue weighted by Gasteiger charge is -2.27. The second-order valence-corrected chi connectivity index (χ2v) is 4.30. The quantitative estimate of drug-likeness (QED) is 0.531. The molecule has 0 spiro atoms. The Hall–Kier alpha value is -0.300. The first-order chi connectivity index (χ1) is 5.02. The Kier molecular flexibility index (Phi) is 2.38. The Balaban J connectivity index is 2.69. The molecule has 0 heterocycles. The fourth-order valence-electron chi connectivity index (χ4n) is 1.43. The number of aliphatic hydroxyl groups is 1. The fourth-order valence-corrected chi connectivity index (χ4v) is 1.43. The highest BCUT2D eigenvalue weighted by molar-refractivity contribution is 5.04. The molecule has 0 amide bonds. The van der Waals surface area contributed by atoms with E-state index in [-0.39, 0.29) is 11.5 Å². The molecule has 0 aromatic rings. The van der Waals surface area contributed by atoms with E-state index in [1.807, 2.05) is 0 Å². The molecule has 1 aliphatic carbocycles. The standard InChI is InChI=1S/C10H18O/c1-8-4-5-9(11)10(2,3)7-6-8/h6,9,11H,4-5,7H2,1-3H3/t9-/m1/s1. The van der Waals surface area contributed by atoms with Crippen molar-refractivity contribution in [3.05, 3.63) is 11.6 Å². The van der Waals surface area contributed by atoms with Gasteiger partial charge in [0.05, 0.1) is 6.10 Å². The van der Waals surface area contributed by atoms with Crippen molar-refractivity contribution >= 4 is 0 Å². The number of hydrogen-bond donors (Lipinski definition) is 1. The second kappa shape index (κ2) is 2.98. The van der Waals surface area contributed by atoms with Crippen LogP contribution in [0.15, 0.2) is 11.6 Å². The third kappa shape index (κ3) is 2.06. The van der Waals surface area contributed by atoms with E-state index in [4.69, 9.17) is 0 Å². The minimum absolute atomic E-state index is 0.0811. The van der Waals surface area contributed by atoms with Crippen LogP contribution < -0.4 is 0 Å². The summed E-state index contributed by atoms with van der Waals surface area (Å²) in [6.07, 6.45) is 5.13. The van der Waals surface area contributed by atoms with Crippen molar-refractivity contribution in [3.8, 4) is 0 Å². The molecule has 0 radical (unpaired) electrons. The molecule has 0 aromatic carbocycles. The van der Waals surface area contributed by atoms with Gasteiger partial charge in [-0.15, -0.1) is 0 Å². The van der Waals surface area contributed by atoms with E-state index in [2.05, 4.69) is 26.8 Å². The summed E-state index contributed by atoms with van der Waals surface area (Å²) >= 11 is 0. The molecule has 0 bridgehead atoms. The van der Waals surface area contributed by atoms with Crippen molar-refractivity contribution in [2.45, 2.75) is 46.1 Å². The van der Waals surface area contributed by atoms with E-state index in [1.165, 1.54) is 5.57 Å². The minimum atomic E-state index is -0.129. The predicted molar refractivity (Wildman–Crippen MR) is 47.4 cm³/mol. The monoisotopic (exact) mass is 154 g/mol. The summed E-state index contributed by atoms with van der Waals surface area (Å²) in [5, 5.41) is 9.70. The zero-order chi connectivity index (χ0) is 8.48. The van der Waals surface area contributed by atoms with Crippen molar-refractivity contribution < 1.29 is 5.11 Å². The van der Waals surface area contributed by atoms with Crippen LogP contribution in [0.2, 0.25) is 0 Å². The maximum Gasteiger partial charge on any atom is 0.0597 e. The number of rotatable bonds is 0. The third-order valence-corrected chi connectivity index (χ3v) is 2.69. The number of hydrogen-bond acceptors (Lipinski definition) is 1. The lowest BCUT2D eigenvalue weighted by molar-refractivity contribution is 0.0485. The maximum absolute atomic E-state index is 9.70. The van der Waals surface area contributed by atoms with Crippen LogP contribution in [0.1, 0.15) is 40.0 Å². The normalized spacial score (nSPS) is 30.9. The van der Waals surface area contributed by atoms with Crippen LogP contribution >= 0.6 is 0 Å². The molecular weight excluding hydrogens is 136 g/mol. The van der Waals surface area contributed by atoms with Crippen LogP contribution in [0.4, 0.5) is 0 Å². The summed E-state index contributed by atoms with van der Waals surface area (Å²) in [5.41, 5.74) is 1.51. The molecule has 0 unspecified atom stereocenters. The summed E-state index contributed by atoms with van der Waals surface area (Å²) < 4.78 is 0. The molecule has 0 fully saturated rings. The van der Waals surface area contributed by atoms with Crippen LogP contribution in [-0.2, 0) is 0 Å². The van der Waals surface area contributed by atoms with Gasteiger partial charge in [0.25, 0.3) is 0 Å². The molecule has 64 valence electrons. The molecule has 1 N–H and O–H groups in total. The van der Waals surface area contributed by atoms with Crippen LogP contribution in [0.5, 0.6) is 0 Å². The largest absolute Gasteiger partial charge is 0.393 e. The van der Waals surface area contributed by atoms with E-state index >= 15 is 0 Å². The summed E-state index contributed by atoms with van der Waals surface area (Å²) in [5.74, 6) is 0. The summed E-state index contributed by atoms with van der Waals surface area (Å²) in [6, 6.07) is 0. The lowest BCUT2D eigenvalue weighted by atomic mass is 9.83. The SMILES string of the molecule is CC1=CCC(C)(C)[C@H](O)CC1. The second-order valence-electron chi connectivity index (χ2n) is 4.30. The Bertz CT molecular complexity index is 168. The smallest absolute Gasteiger partial charge is 0.0597 e. The van der Waals surface area contributed by atoms with Gasteiger partial charge in [-0.25, -0.2) is 0 Å². The highest BCUT2D eigenvalue weighted by atomic mass is 16.3. The van der Waals surface area contributed by atoms with Gasteiger partial charge >= 0.3 is 0 Å². The molecule has 1 rings (SSSR count). The molecule has 0 saturated carbocycles. The van der Waals surface area contributed by atoms with Gasteiger partial charge in [-0.1, -0.05) is 25.5 Å². The van der Waals surface area contributed by atoms with Crippen molar-refractivity contribution in [1.29, 1.82) is 0 Å². The Labute approximate surface area is 69.1 Å². The zero-order valence-electron chi connectivity index (χ0n) is 7.72. The van der Waals surface area contributed by atoms with Gasteiger partial charge in [0.2, 0.25) is 0 Å². The summed E-state index contributed by atoms with van der Waals surface area (Å²) in [7, 11) is 0. The van der Waals surface area contributed by atoms with E-state index in [1.54, 1.807) is 0 Å². The topological polar surface area (TPSA) is 20.2 Å². The fraction of sp³-hybridized carbons (Fsp3) is 0.800. The minimum Gasteiger partial charge on any atom is -0.393 e. The van der Waals surface area contributed by atoms with Crippen LogP contribution in [-0.4, -0.2) is 11.2 Å². The van der Waals surface area contributed by atoms with Crippen LogP contribution in [0.3, 0.4) is 0 Å². The molecule has 1 nitrogen and oxygen atoms in total. The van der Waals surface area contributed by atoms with Gasteiger partial charge in [0.1, 0.15) is 0 Å². The van der Waals surface area contributed by atoms with Gasteiger partial charge < -0.3 is 5.11 Å². The van der Waals surface area contributed by atoms with Crippen molar-refractivity contribution in [2.75, 3.05) is 0 Å². The van der Waals surface area contributed by atoms with Crippen LogP contribution in [0, 0.1) is 5.41 Å². The Morgan fingerprint density at radius 2 is 2.18 bits per heavy atom. The maximum atomic E-state index is 9.70. The molecule has 1 aliphatic rings. The molecule has 1 heteroatoms. The Morgan fingerprint density at radius 3 is 2.82 bits per heavy atom. The van der Waals surface area contributed by atoms with E-state index in [9.17, 15) is 5.11 Å². The van der Waals surface area contributed by atoms with Gasteiger partial charge in [0.15, 0.2) is 0 Å². The molecule has 1 atom stereocenters. The van der Waals surface area contributed by atoms with Gasteiger partial charge in [-0.2, -0.15) is 0 Å². The molecule has 0 aliphatic heterocycles. The van der Waals surface area contributed by atoms with Gasteiger partial charge in [0, 0.05) is 0 Å². The zero-order valence-corrected chi connectivity index (χ0v) is 7.72. The number of aliphatic hydroxyl groups excluding tert-OH is 1. The Morgan fingerprint density at radius 1 is 1.55 bits per heavy atom. The molecule has 11 heavy (non-hydrogen) atoms. The van der Waals surface area contributed by atoms with Crippen LogP contribution in [0.25, 0.3) is 0 Å². The van der Waals surface area contributed by atoms with E-state index < -0.39 is 0 Å². The molecule has 0 aromatic heterocycles. The van der Waals surface area contributed by atoms with Crippen molar-refractivity contribution in [3.63, 3.8) is 0 Å². The lowest BCUT2D eigenvalue weighted by Crippen LogP contribution is -2.27. The first-order valence-corrected chi connectivity index (χ1v) is 4.36. The number of allylic oxidation sites excluding steroid dienone is 2. The molecular formula is C10H18O. The highest BCUT2D eigenvalue weighted by Crippen LogP contribution is 2.32. The summed E-state index contributed by atoms with van der Waals surface area (Å²) in [6.45, 7) is 6.41.